The van der Waals surface area contributed by atoms with E-state index >= 15 is 0 Å². The molecule has 0 unspecified atom stereocenters. The average Bonchev–Trinajstić information content (AvgIpc) is 2.30. The van der Waals surface area contributed by atoms with Crippen molar-refractivity contribution >= 4 is 12.6 Å². The maximum atomic E-state index is 8.96. The fourth-order valence-electron chi connectivity index (χ4n) is 1.46. The van der Waals surface area contributed by atoms with E-state index in [1.807, 2.05) is 37.4 Å². The first-order valence-electron chi connectivity index (χ1n) is 5.06. The van der Waals surface area contributed by atoms with Crippen LogP contribution in [0.25, 0.3) is 11.3 Å². The highest BCUT2D eigenvalue weighted by molar-refractivity contribution is 6.58. The Morgan fingerprint density at radius 1 is 1.00 bits per heavy atom. The van der Waals surface area contributed by atoms with Gasteiger partial charge in [-0.05, 0) is 24.0 Å². The third kappa shape index (κ3) is 2.29. The zero-order valence-corrected chi connectivity index (χ0v) is 8.96. The maximum Gasteiger partial charge on any atom is 0.488 e. The summed E-state index contributed by atoms with van der Waals surface area (Å²) in [6.45, 7) is 1.99. The first-order valence-corrected chi connectivity index (χ1v) is 5.06. The third-order valence-electron chi connectivity index (χ3n) is 2.42. The molecule has 2 N–H and O–H groups in total. The average molecular weight is 213 g/mol. The lowest BCUT2D eigenvalue weighted by atomic mass is 9.80. The van der Waals surface area contributed by atoms with Crippen LogP contribution in [0.2, 0.25) is 0 Å². The molecule has 0 amide bonds. The van der Waals surface area contributed by atoms with Crippen LogP contribution < -0.4 is 5.46 Å². The van der Waals surface area contributed by atoms with Crippen LogP contribution in [0.15, 0.2) is 42.6 Å². The van der Waals surface area contributed by atoms with Gasteiger partial charge in [0.2, 0.25) is 0 Å². The van der Waals surface area contributed by atoms with Crippen molar-refractivity contribution in [1.29, 1.82) is 0 Å². The summed E-state index contributed by atoms with van der Waals surface area (Å²) in [5.74, 6) is 0. The molecule has 0 saturated carbocycles. The SMILES string of the molecule is Cc1ccc(-c2ccc(B(O)O)cc2)nc1. The van der Waals surface area contributed by atoms with E-state index in [9.17, 15) is 0 Å². The molecule has 0 aliphatic carbocycles. The molecule has 1 aromatic heterocycles. The molecule has 16 heavy (non-hydrogen) atoms. The fourth-order valence-corrected chi connectivity index (χ4v) is 1.46. The molecule has 0 aliphatic heterocycles. The second-order valence-corrected chi connectivity index (χ2v) is 3.72. The normalized spacial score (nSPS) is 10.2. The summed E-state index contributed by atoms with van der Waals surface area (Å²) in [5.41, 5.74) is 3.44. The molecule has 0 saturated heterocycles. The molecule has 2 aromatic rings. The number of hydrogen-bond acceptors (Lipinski definition) is 3. The number of aromatic nitrogens is 1. The van der Waals surface area contributed by atoms with E-state index in [0.29, 0.717) is 5.46 Å². The van der Waals surface area contributed by atoms with Crippen molar-refractivity contribution in [2.24, 2.45) is 0 Å². The van der Waals surface area contributed by atoms with Crippen LogP contribution in [0.1, 0.15) is 5.56 Å². The van der Waals surface area contributed by atoms with Crippen LogP contribution >= 0.6 is 0 Å². The number of benzene rings is 1. The molecule has 1 aromatic carbocycles. The minimum absolute atomic E-state index is 0.482. The van der Waals surface area contributed by atoms with Gasteiger partial charge in [-0.2, -0.15) is 0 Å². The van der Waals surface area contributed by atoms with Crippen molar-refractivity contribution in [2.75, 3.05) is 0 Å². The predicted molar refractivity (Wildman–Crippen MR) is 64.2 cm³/mol. The van der Waals surface area contributed by atoms with Gasteiger partial charge in [-0.15, -0.1) is 0 Å². The lowest BCUT2D eigenvalue weighted by molar-refractivity contribution is 0.426. The summed E-state index contributed by atoms with van der Waals surface area (Å²) < 4.78 is 0. The van der Waals surface area contributed by atoms with Crippen LogP contribution in [0, 0.1) is 6.92 Å². The molecule has 0 fully saturated rings. The standard InChI is InChI=1S/C12H12BNO2/c1-9-2-7-12(14-8-9)10-3-5-11(6-4-10)13(15)16/h2-8,15-16H,1H3. The summed E-state index contributed by atoms with van der Waals surface area (Å²) >= 11 is 0. The molecule has 80 valence electrons. The van der Waals surface area contributed by atoms with Crippen molar-refractivity contribution in [2.45, 2.75) is 6.92 Å². The molecule has 2 rings (SSSR count). The molecule has 0 atom stereocenters. The van der Waals surface area contributed by atoms with Crippen LogP contribution in [0.4, 0.5) is 0 Å². The number of pyridine rings is 1. The lowest BCUT2D eigenvalue weighted by Crippen LogP contribution is -2.29. The van der Waals surface area contributed by atoms with Gasteiger partial charge in [0, 0.05) is 11.8 Å². The van der Waals surface area contributed by atoms with Crippen LogP contribution in [0.5, 0.6) is 0 Å². The third-order valence-corrected chi connectivity index (χ3v) is 2.42. The quantitative estimate of drug-likeness (QED) is 0.723. The van der Waals surface area contributed by atoms with Gasteiger partial charge in [-0.3, -0.25) is 4.98 Å². The number of nitrogens with zero attached hydrogens (tertiary/aromatic N) is 1. The molecular formula is C12H12BNO2. The van der Waals surface area contributed by atoms with Crippen molar-refractivity contribution in [3.8, 4) is 11.3 Å². The van der Waals surface area contributed by atoms with Gasteiger partial charge in [0.15, 0.2) is 0 Å². The number of rotatable bonds is 2. The summed E-state index contributed by atoms with van der Waals surface area (Å²) in [4.78, 5) is 4.30. The molecule has 0 aliphatic rings. The lowest BCUT2D eigenvalue weighted by Gasteiger charge is -2.03. The van der Waals surface area contributed by atoms with E-state index < -0.39 is 7.12 Å². The number of hydrogen-bond donors (Lipinski definition) is 2. The summed E-state index contributed by atoms with van der Waals surface area (Å²) in [7, 11) is -1.42. The highest BCUT2D eigenvalue weighted by Gasteiger charge is 2.10. The Balaban J connectivity index is 2.31. The van der Waals surface area contributed by atoms with Crippen molar-refractivity contribution in [1.82, 2.24) is 4.98 Å². The Morgan fingerprint density at radius 3 is 2.19 bits per heavy atom. The minimum Gasteiger partial charge on any atom is -0.423 e. The van der Waals surface area contributed by atoms with Gasteiger partial charge in [0.25, 0.3) is 0 Å². The van der Waals surface area contributed by atoms with Crippen molar-refractivity contribution in [3.05, 3.63) is 48.2 Å². The predicted octanol–water partition coefficient (Wildman–Crippen LogP) is 0.737. The summed E-state index contributed by atoms with van der Waals surface area (Å²) in [6.07, 6.45) is 1.81. The minimum atomic E-state index is -1.42. The van der Waals surface area contributed by atoms with E-state index in [2.05, 4.69) is 4.98 Å². The van der Waals surface area contributed by atoms with Crippen molar-refractivity contribution < 1.29 is 10.0 Å². The van der Waals surface area contributed by atoms with E-state index in [4.69, 9.17) is 10.0 Å². The second-order valence-electron chi connectivity index (χ2n) is 3.72. The molecular weight excluding hydrogens is 201 g/mol. The van der Waals surface area contributed by atoms with Crippen molar-refractivity contribution in [3.63, 3.8) is 0 Å². The maximum absolute atomic E-state index is 8.96. The highest BCUT2D eigenvalue weighted by atomic mass is 16.4. The number of aryl methyl sites for hydroxylation is 1. The fraction of sp³-hybridized carbons (Fsp3) is 0.0833. The largest absolute Gasteiger partial charge is 0.488 e. The van der Waals surface area contributed by atoms with Gasteiger partial charge in [0.1, 0.15) is 0 Å². The Bertz CT molecular complexity index is 465. The Labute approximate surface area is 94.6 Å². The first kappa shape index (κ1) is 10.9. The summed E-state index contributed by atoms with van der Waals surface area (Å²) in [6, 6.07) is 11.0. The van der Waals surface area contributed by atoms with E-state index in [-0.39, 0.29) is 0 Å². The van der Waals surface area contributed by atoms with Gasteiger partial charge >= 0.3 is 7.12 Å². The second kappa shape index (κ2) is 4.47. The molecule has 1 heterocycles. The van der Waals surface area contributed by atoms with E-state index in [1.165, 1.54) is 0 Å². The molecule has 0 radical (unpaired) electrons. The molecule has 4 heteroatoms. The van der Waals surface area contributed by atoms with E-state index in [1.54, 1.807) is 12.1 Å². The smallest absolute Gasteiger partial charge is 0.423 e. The van der Waals surface area contributed by atoms with Crippen LogP contribution in [-0.2, 0) is 0 Å². The zero-order valence-electron chi connectivity index (χ0n) is 8.96. The van der Waals surface area contributed by atoms with Gasteiger partial charge in [-0.25, -0.2) is 0 Å². The zero-order chi connectivity index (χ0) is 11.5. The molecule has 0 bridgehead atoms. The highest BCUT2D eigenvalue weighted by Crippen LogP contribution is 2.15. The molecule has 0 spiro atoms. The summed E-state index contributed by atoms with van der Waals surface area (Å²) in [5, 5.41) is 17.9. The van der Waals surface area contributed by atoms with E-state index in [0.717, 1.165) is 16.8 Å². The Morgan fingerprint density at radius 2 is 1.69 bits per heavy atom. The molecule has 3 nitrogen and oxygen atoms in total. The first-order chi connectivity index (χ1) is 7.66. The Hall–Kier alpha value is -1.65. The van der Waals surface area contributed by atoms with Gasteiger partial charge in [0.05, 0.1) is 5.69 Å². The Kier molecular flexibility index (Phi) is 3.03. The topological polar surface area (TPSA) is 53.4 Å². The van der Waals surface area contributed by atoms with Gasteiger partial charge in [-0.1, -0.05) is 30.3 Å². The monoisotopic (exact) mass is 213 g/mol. The van der Waals surface area contributed by atoms with Crippen LogP contribution in [-0.4, -0.2) is 22.2 Å². The van der Waals surface area contributed by atoms with Crippen LogP contribution in [0.3, 0.4) is 0 Å². The van der Waals surface area contributed by atoms with Gasteiger partial charge < -0.3 is 10.0 Å².